The van der Waals surface area contributed by atoms with Crippen molar-refractivity contribution in [1.29, 1.82) is 0 Å². The standard InChI is InChI=1S/C11H12N6OS/c12-10(14-18)7-1-5-9(6-2-7)19-11-13-15-16-17(11)8-3-4-8/h1-2,5-6,8,18H,3-4H2,(H2,12,14). The summed E-state index contributed by atoms with van der Waals surface area (Å²) in [5.41, 5.74) is 6.18. The van der Waals surface area contributed by atoms with Crippen molar-refractivity contribution in [3.63, 3.8) is 0 Å². The van der Waals surface area contributed by atoms with Crippen molar-refractivity contribution in [3.8, 4) is 0 Å². The Balaban J connectivity index is 1.77. The van der Waals surface area contributed by atoms with E-state index in [0.29, 0.717) is 11.6 Å². The molecule has 1 heterocycles. The van der Waals surface area contributed by atoms with Crippen LogP contribution in [0, 0.1) is 0 Å². The summed E-state index contributed by atoms with van der Waals surface area (Å²) in [5.74, 6) is 0.0966. The third-order valence-corrected chi connectivity index (χ3v) is 3.78. The second-order valence-electron chi connectivity index (χ2n) is 4.25. The molecular formula is C11H12N6OS. The molecule has 0 unspecified atom stereocenters. The molecule has 0 saturated heterocycles. The van der Waals surface area contributed by atoms with Crippen LogP contribution < -0.4 is 5.73 Å². The molecule has 0 atom stereocenters. The Morgan fingerprint density at radius 2 is 2.11 bits per heavy atom. The van der Waals surface area contributed by atoms with Gasteiger partial charge in [0.1, 0.15) is 0 Å². The van der Waals surface area contributed by atoms with Gasteiger partial charge in [-0.2, -0.15) is 0 Å². The lowest BCUT2D eigenvalue weighted by molar-refractivity contribution is 0.318. The molecule has 19 heavy (non-hydrogen) atoms. The van der Waals surface area contributed by atoms with Crippen LogP contribution in [-0.4, -0.2) is 31.3 Å². The van der Waals surface area contributed by atoms with Crippen LogP contribution in [0.1, 0.15) is 24.4 Å². The molecule has 0 amide bonds. The third-order valence-electron chi connectivity index (χ3n) is 2.82. The minimum Gasteiger partial charge on any atom is -0.409 e. The maximum atomic E-state index is 8.60. The molecule has 3 rings (SSSR count). The Kier molecular flexibility index (Phi) is 3.08. The van der Waals surface area contributed by atoms with Crippen molar-refractivity contribution < 1.29 is 5.21 Å². The number of oxime groups is 1. The highest BCUT2D eigenvalue weighted by Crippen LogP contribution is 2.37. The van der Waals surface area contributed by atoms with Gasteiger partial charge in [0.15, 0.2) is 5.84 Å². The highest BCUT2D eigenvalue weighted by molar-refractivity contribution is 7.99. The molecule has 0 bridgehead atoms. The van der Waals surface area contributed by atoms with E-state index in [1.54, 1.807) is 12.1 Å². The molecule has 1 aromatic carbocycles. The quantitative estimate of drug-likeness (QED) is 0.377. The molecule has 1 aromatic heterocycles. The van der Waals surface area contributed by atoms with E-state index in [0.717, 1.165) is 22.9 Å². The number of tetrazole rings is 1. The van der Waals surface area contributed by atoms with E-state index in [-0.39, 0.29) is 5.84 Å². The van der Waals surface area contributed by atoms with Gasteiger partial charge in [-0.15, -0.1) is 5.10 Å². The normalized spacial score (nSPS) is 15.7. The lowest BCUT2D eigenvalue weighted by atomic mass is 10.2. The van der Waals surface area contributed by atoms with Crippen LogP contribution in [0.2, 0.25) is 0 Å². The van der Waals surface area contributed by atoms with Crippen LogP contribution in [-0.2, 0) is 0 Å². The first-order chi connectivity index (χ1) is 9.28. The second kappa shape index (κ2) is 4.88. The predicted molar refractivity (Wildman–Crippen MR) is 69.2 cm³/mol. The fraction of sp³-hybridized carbons (Fsp3) is 0.273. The van der Waals surface area contributed by atoms with Crippen molar-refractivity contribution in [1.82, 2.24) is 20.2 Å². The predicted octanol–water partition coefficient (Wildman–Crippen LogP) is 1.25. The largest absolute Gasteiger partial charge is 0.409 e. The van der Waals surface area contributed by atoms with Crippen molar-refractivity contribution in [2.45, 2.75) is 28.9 Å². The minimum atomic E-state index is 0.0966. The smallest absolute Gasteiger partial charge is 0.214 e. The average molecular weight is 276 g/mol. The summed E-state index contributed by atoms with van der Waals surface area (Å²) in [6.07, 6.45) is 2.28. The van der Waals surface area contributed by atoms with Gasteiger partial charge in [-0.3, -0.25) is 0 Å². The lowest BCUT2D eigenvalue weighted by Crippen LogP contribution is -2.12. The Labute approximate surface area is 113 Å². The van der Waals surface area contributed by atoms with Crippen LogP contribution in [0.25, 0.3) is 0 Å². The molecule has 0 radical (unpaired) electrons. The van der Waals surface area contributed by atoms with E-state index in [1.165, 1.54) is 11.8 Å². The van der Waals surface area contributed by atoms with Crippen LogP contribution in [0.3, 0.4) is 0 Å². The van der Waals surface area contributed by atoms with Crippen molar-refractivity contribution in [2.75, 3.05) is 0 Å². The summed E-state index contributed by atoms with van der Waals surface area (Å²) in [4.78, 5) is 1.01. The van der Waals surface area contributed by atoms with Gasteiger partial charge in [0.2, 0.25) is 5.16 Å². The van der Waals surface area contributed by atoms with Crippen LogP contribution in [0.15, 0.2) is 39.5 Å². The van der Waals surface area contributed by atoms with E-state index in [4.69, 9.17) is 10.9 Å². The first-order valence-electron chi connectivity index (χ1n) is 5.81. The van der Waals surface area contributed by atoms with Gasteiger partial charge in [0, 0.05) is 10.5 Å². The molecule has 7 nitrogen and oxygen atoms in total. The molecule has 0 spiro atoms. The Bertz CT molecular complexity index is 604. The number of benzene rings is 1. The molecule has 8 heteroatoms. The Hall–Kier alpha value is -2.09. The molecule has 1 aliphatic rings. The second-order valence-corrected chi connectivity index (χ2v) is 5.29. The van der Waals surface area contributed by atoms with Crippen molar-refractivity contribution >= 4 is 17.6 Å². The number of aromatic nitrogens is 4. The fourth-order valence-electron chi connectivity index (χ4n) is 1.66. The highest BCUT2D eigenvalue weighted by atomic mass is 32.2. The van der Waals surface area contributed by atoms with E-state index in [2.05, 4.69) is 20.7 Å². The molecule has 2 aromatic rings. The SMILES string of the molecule is N/C(=N\O)c1ccc(Sc2nnnn2C2CC2)cc1. The molecule has 0 aliphatic heterocycles. The molecular weight excluding hydrogens is 264 g/mol. The summed E-state index contributed by atoms with van der Waals surface area (Å²) in [7, 11) is 0. The van der Waals surface area contributed by atoms with E-state index >= 15 is 0 Å². The topological polar surface area (TPSA) is 102 Å². The summed E-state index contributed by atoms with van der Waals surface area (Å²) < 4.78 is 1.86. The molecule has 1 saturated carbocycles. The zero-order valence-corrected chi connectivity index (χ0v) is 10.8. The highest BCUT2D eigenvalue weighted by Gasteiger charge is 2.28. The molecule has 1 aliphatic carbocycles. The molecule has 1 fully saturated rings. The summed E-state index contributed by atoms with van der Waals surface area (Å²) >= 11 is 1.50. The summed E-state index contributed by atoms with van der Waals surface area (Å²) in [6.45, 7) is 0. The van der Waals surface area contributed by atoms with E-state index in [9.17, 15) is 0 Å². The molecule has 98 valence electrons. The van der Waals surface area contributed by atoms with Gasteiger partial charge in [-0.05, 0) is 47.2 Å². The third kappa shape index (κ3) is 2.53. The minimum absolute atomic E-state index is 0.0966. The van der Waals surface area contributed by atoms with Gasteiger partial charge in [0.05, 0.1) is 6.04 Å². The Morgan fingerprint density at radius 3 is 2.74 bits per heavy atom. The van der Waals surface area contributed by atoms with E-state index < -0.39 is 0 Å². The number of nitrogens with two attached hydrogens (primary N) is 1. The lowest BCUT2D eigenvalue weighted by Gasteiger charge is -2.03. The monoisotopic (exact) mass is 276 g/mol. The number of hydrogen-bond donors (Lipinski definition) is 2. The zero-order valence-electron chi connectivity index (χ0n) is 9.97. The Morgan fingerprint density at radius 1 is 1.37 bits per heavy atom. The van der Waals surface area contributed by atoms with E-state index in [1.807, 2.05) is 16.8 Å². The molecule has 3 N–H and O–H groups in total. The zero-order chi connectivity index (χ0) is 13.2. The maximum Gasteiger partial charge on any atom is 0.214 e. The number of nitrogens with zero attached hydrogens (tertiary/aromatic N) is 5. The summed E-state index contributed by atoms with van der Waals surface area (Å²) in [5, 5.41) is 24.1. The van der Waals surface area contributed by atoms with Crippen LogP contribution >= 0.6 is 11.8 Å². The first-order valence-corrected chi connectivity index (χ1v) is 6.63. The maximum absolute atomic E-state index is 8.60. The van der Waals surface area contributed by atoms with Crippen LogP contribution in [0.4, 0.5) is 0 Å². The van der Waals surface area contributed by atoms with Gasteiger partial charge in [-0.1, -0.05) is 17.3 Å². The van der Waals surface area contributed by atoms with Gasteiger partial charge in [0.25, 0.3) is 0 Å². The van der Waals surface area contributed by atoms with Gasteiger partial charge in [-0.25, -0.2) is 4.68 Å². The van der Waals surface area contributed by atoms with Crippen LogP contribution in [0.5, 0.6) is 0 Å². The first kappa shape index (κ1) is 12.0. The van der Waals surface area contributed by atoms with Crippen molar-refractivity contribution in [3.05, 3.63) is 29.8 Å². The summed E-state index contributed by atoms with van der Waals surface area (Å²) in [6, 6.07) is 7.83. The van der Waals surface area contributed by atoms with Gasteiger partial charge >= 0.3 is 0 Å². The number of rotatable bonds is 4. The van der Waals surface area contributed by atoms with Gasteiger partial charge < -0.3 is 10.9 Å². The van der Waals surface area contributed by atoms with Crippen molar-refractivity contribution in [2.24, 2.45) is 10.9 Å². The fourth-order valence-corrected chi connectivity index (χ4v) is 2.50. The average Bonchev–Trinajstić information content (AvgIpc) is 3.19. The number of hydrogen-bond acceptors (Lipinski definition) is 6. The number of amidine groups is 1.